The Kier molecular flexibility index (Phi) is 10.2. The van der Waals surface area contributed by atoms with Gasteiger partial charge in [-0.2, -0.15) is 0 Å². The first-order chi connectivity index (χ1) is 14.8. The average Bonchev–Trinajstić information content (AvgIpc) is 2.78. The van der Waals surface area contributed by atoms with E-state index in [9.17, 15) is 13.2 Å². The van der Waals surface area contributed by atoms with E-state index in [4.69, 9.17) is 9.47 Å². The van der Waals surface area contributed by atoms with Gasteiger partial charge in [0.2, 0.25) is 10.0 Å². The van der Waals surface area contributed by atoms with Gasteiger partial charge in [-0.05, 0) is 24.6 Å². The van der Waals surface area contributed by atoms with E-state index in [1.807, 2.05) is 4.90 Å². The van der Waals surface area contributed by atoms with Crippen LogP contribution in [0.5, 0.6) is 5.75 Å². The molecule has 1 aromatic rings. The third-order valence-corrected chi connectivity index (χ3v) is 7.36. The van der Waals surface area contributed by atoms with Gasteiger partial charge in [-0.3, -0.25) is 9.69 Å². The Bertz CT molecular complexity index is 807. The molecule has 0 spiro atoms. The maximum absolute atomic E-state index is 13.4. The number of hydrogen-bond acceptors (Lipinski definition) is 6. The molecule has 0 aliphatic carbocycles. The number of unbranched alkanes of at least 4 members (excludes halogenated alkanes) is 3. The van der Waals surface area contributed by atoms with Gasteiger partial charge in [0, 0.05) is 52.4 Å². The van der Waals surface area contributed by atoms with Gasteiger partial charge in [0.05, 0.1) is 20.3 Å². The number of amides is 1. The highest BCUT2D eigenvalue weighted by atomic mass is 32.2. The summed E-state index contributed by atoms with van der Waals surface area (Å²) >= 11 is 0. The highest BCUT2D eigenvalue weighted by molar-refractivity contribution is 7.89. The number of methoxy groups -OCH3 is 1. The van der Waals surface area contributed by atoms with E-state index >= 15 is 0 Å². The fourth-order valence-electron chi connectivity index (χ4n) is 3.52. The molecule has 1 saturated heterocycles. The number of benzene rings is 1. The smallest absolute Gasteiger partial charge is 0.253 e. The third-order valence-electron chi connectivity index (χ3n) is 5.53. The Morgan fingerprint density at radius 2 is 1.84 bits per heavy atom. The minimum atomic E-state index is -3.74. The number of sulfonamides is 1. The van der Waals surface area contributed by atoms with E-state index in [0.29, 0.717) is 31.9 Å². The Hall–Kier alpha value is -1.68. The largest absolute Gasteiger partial charge is 0.495 e. The molecule has 0 saturated carbocycles. The highest BCUT2D eigenvalue weighted by Crippen LogP contribution is 2.27. The van der Waals surface area contributed by atoms with Crippen LogP contribution in [0, 0.1) is 0 Å². The maximum Gasteiger partial charge on any atom is 0.253 e. The molecular formula is C22H37N3O5S. The summed E-state index contributed by atoms with van der Waals surface area (Å²) in [4.78, 5) is 17.5. The lowest BCUT2D eigenvalue weighted by Crippen LogP contribution is -2.43. The minimum absolute atomic E-state index is 0.00459. The summed E-state index contributed by atoms with van der Waals surface area (Å²) in [6.45, 7) is 7.37. The standard InChI is InChI=1S/C22H37N3O5S/c1-5-6-7-8-11-25(13-12-24-14-16-30-17-15-24)22(26)19-9-10-20(29-4)21(18-19)31(27,28)23(2)3/h9-10,18H,5-8,11-17H2,1-4H3. The van der Waals surface area contributed by atoms with Crippen LogP contribution < -0.4 is 4.74 Å². The molecule has 8 nitrogen and oxygen atoms in total. The third kappa shape index (κ3) is 7.17. The molecule has 9 heteroatoms. The monoisotopic (exact) mass is 455 g/mol. The lowest BCUT2D eigenvalue weighted by molar-refractivity contribution is 0.0324. The van der Waals surface area contributed by atoms with Crippen molar-refractivity contribution in [3.8, 4) is 5.75 Å². The first kappa shape index (κ1) is 25.6. The molecule has 0 atom stereocenters. The number of carbonyl (C=O) groups is 1. The van der Waals surface area contributed by atoms with Crippen molar-refractivity contribution < 1.29 is 22.7 Å². The average molecular weight is 456 g/mol. The summed E-state index contributed by atoms with van der Waals surface area (Å²) in [5.41, 5.74) is 0.360. The molecule has 176 valence electrons. The normalized spacial score (nSPS) is 15.3. The number of hydrogen-bond donors (Lipinski definition) is 0. The van der Waals surface area contributed by atoms with Crippen LogP contribution in [0.4, 0.5) is 0 Å². The summed E-state index contributed by atoms with van der Waals surface area (Å²) in [5, 5.41) is 0. The van der Waals surface area contributed by atoms with Crippen molar-refractivity contribution in [3.63, 3.8) is 0 Å². The topological polar surface area (TPSA) is 79.4 Å². The number of nitrogens with zero attached hydrogens (tertiary/aromatic N) is 3. The van der Waals surface area contributed by atoms with Crippen LogP contribution >= 0.6 is 0 Å². The van der Waals surface area contributed by atoms with Gasteiger partial charge in [0.1, 0.15) is 10.6 Å². The van der Waals surface area contributed by atoms with Crippen LogP contribution in [0.25, 0.3) is 0 Å². The Balaban J connectivity index is 2.22. The Labute approximate surface area is 187 Å². The van der Waals surface area contributed by atoms with Gasteiger partial charge in [0.15, 0.2) is 0 Å². The molecule has 31 heavy (non-hydrogen) atoms. The highest BCUT2D eigenvalue weighted by Gasteiger charge is 2.25. The lowest BCUT2D eigenvalue weighted by atomic mass is 10.1. The molecule has 0 N–H and O–H groups in total. The molecule has 1 fully saturated rings. The molecule has 0 aromatic heterocycles. The molecule has 1 aliphatic rings. The molecule has 1 amide bonds. The predicted molar refractivity (Wildman–Crippen MR) is 121 cm³/mol. The van der Waals surface area contributed by atoms with Gasteiger partial charge in [-0.1, -0.05) is 26.2 Å². The first-order valence-electron chi connectivity index (χ1n) is 11.0. The quantitative estimate of drug-likeness (QED) is 0.450. The summed E-state index contributed by atoms with van der Waals surface area (Å²) in [7, 11) is 0.613. The van der Waals surface area contributed by atoms with Crippen LogP contribution in [0.15, 0.2) is 23.1 Å². The second kappa shape index (κ2) is 12.4. The van der Waals surface area contributed by atoms with Crippen LogP contribution in [-0.4, -0.2) is 95.6 Å². The number of ether oxygens (including phenoxy) is 2. The number of carbonyl (C=O) groups excluding carboxylic acids is 1. The molecule has 1 aliphatic heterocycles. The van der Waals surface area contributed by atoms with Crippen molar-refractivity contribution in [2.24, 2.45) is 0 Å². The molecule has 1 aromatic carbocycles. The van der Waals surface area contributed by atoms with Crippen LogP contribution in [0.2, 0.25) is 0 Å². The van der Waals surface area contributed by atoms with Crippen molar-refractivity contribution in [2.75, 3.05) is 67.1 Å². The summed E-state index contributed by atoms with van der Waals surface area (Å²) in [5.74, 6) is 0.0793. The second-order valence-electron chi connectivity index (χ2n) is 7.96. The van der Waals surface area contributed by atoms with Gasteiger partial charge in [-0.25, -0.2) is 12.7 Å². The Morgan fingerprint density at radius 1 is 1.13 bits per heavy atom. The molecular weight excluding hydrogens is 418 g/mol. The summed E-state index contributed by atoms with van der Waals surface area (Å²) < 4.78 is 37.2. The van der Waals surface area contributed by atoms with Crippen molar-refractivity contribution in [1.82, 2.24) is 14.1 Å². The van der Waals surface area contributed by atoms with E-state index < -0.39 is 10.0 Å². The zero-order chi connectivity index (χ0) is 22.9. The van der Waals surface area contributed by atoms with E-state index in [-0.39, 0.29) is 16.6 Å². The van der Waals surface area contributed by atoms with E-state index in [2.05, 4.69) is 11.8 Å². The van der Waals surface area contributed by atoms with Crippen molar-refractivity contribution >= 4 is 15.9 Å². The first-order valence-corrected chi connectivity index (χ1v) is 12.4. The van der Waals surface area contributed by atoms with E-state index in [0.717, 1.165) is 49.6 Å². The minimum Gasteiger partial charge on any atom is -0.495 e. The van der Waals surface area contributed by atoms with Crippen LogP contribution in [-0.2, 0) is 14.8 Å². The SMILES string of the molecule is CCCCCCN(CCN1CCOCC1)C(=O)c1ccc(OC)c(S(=O)(=O)N(C)C)c1. The molecule has 0 unspecified atom stereocenters. The number of rotatable bonds is 12. The Morgan fingerprint density at radius 3 is 2.45 bits per heavy atom. The van der Waals surface area contributed by atoms with Gasteiger partial charge in [-0.15, -0.1) is 0 Å². The van der Waals surface area contributed by atoms with E-state index in [1.165, 1.54) is 27.3 Å². The van der Waals surface area contributed by atoms with Gasteiger partial charge < -0.3 is 14.4 Å². The van der Waals surface area contributed by atoms with Gasteiger partial charge in [0.25, 0.3) is 5.91 Å². The van der Waals surface area contributed by atoms with Gasteiger partial charge >= 0.3 is 0 Å². The zero-order valence-corrected chi connectivity index (χ0v) is 20.1. The fourth-order valence-corrected chi connectivity index (χ4v) is 4.60. The van der Waals surface area contributed by atoms with Crippen molar-refractivity contribution in [1.29, 1.82) is 0 Å². The predicted octanol–water partition coefficient (Wildman–Crippen LogP) is 2.30. The van der Waals surface area contributed by atoms with E-state index in [1.54, 1.807) is 12.1 Å². The zero-order valence-electron chi connectivity index (χ0n) is 19.3. The lowest BCUT2D eigenvalue weighted by Gasteiger charge is -2.30. The van der Waals surface area contributed by atoms with Crippen LogP contribution in [0.1, 0.15) is 43.0 Å². The van der Waals surface area contributed by atoms with Crippen molar-refractivity contribution in [2.45, 2.75) is 37.5 Å². The molecule has 1 heterocycles. The summed E-state index contributed by atoms with van der Waals surface area (Å²) in [6.07, 6.45) is 4.27. The fraction of sp³-hybridized carbons (Fsp3) is 0.682. The summed E-state index contributed by atoms with van der Waals surface area (Å²) in [6, 6.07) is 4.63. The van der Waals surface area contributed by atoms with Crippen molar-refractivity contribution in [3.05, 3.63) is 23.8 Å². The molecule has 0 bridgehead atoms. The van der Waals surface area contributed by atoms with Crippen LogP contribution in [0.3, 0.4) is 0 Å². The number of morpholine rings is 1. The maximum atomic E-state index is 13.4. The second-order valence-corrected chi connectivity index (χ2v) is 10.1. The molecule has 0 radical (unpaired) electrons. The molecule has 2 rings (SSSR count).